The second-order valence-electron chi connectivity index (χ2n) is 7.52. The zero-order chi connectivity index (χ0) is 24.2. The van der Waals surface area contributed by atoms with E-state index >= 15 is 0 Å². The van der Waals surface area contributed by atoms with E-state index < -0.39 is 5.97 Å². The summed E-state index contributed by atoms with van der Waals surface area (Å²) in [6, 6.07) is 17.5. The van der Waals surface area contributed by atoms with Crippen molar-refractivity contribution in [1.82, 2.24) is 9.97 Å². The molecule has 0 aliphatic heterocycles. The topological polar surface area (TPSA) is 81.5 Å². The molecule has 0 atom stereocenters. The van der Waals surface area contributed by atoms with E-state index in [4.69, 9.17) is 32.7 Å². The Bertz CT molecular complexity index is 1360. The fourth-order valence-corrected chi connectivity index (χ4v) is 3.89. The molecule has 4 rings (SSSR count). The van der Waals surface area contributed by atoms with Crippen LogP contribution in [0.25, 0.3) is 22.5 Å². The molecule has 0 bridgehead atoms. The Kier molecular flexibility index (Phi) is 7.01. The molecule has 2 heterocycles. The number of aromatic nitrogens is 2. The maximum atomic E-state index is 11.7. The van der Waals surface area contributed by atoms with Gasteiger partial charge in [-0.15, -0.1) is 0 Å². The van der Waals surface area contributed by atoms with Crippen molar-refractivity contribution in [1.29, 1.82) is 0 Å². The summed E-state index contributed by atoms with van der Waals surface area (Å²) in [4.78, 5) is 20.6. The van der Waals surface area contributed by atoms with Crippen LogP contribution in [0.1, 0.15) is 21.6 Å². The Morgan fingerprint density at radius 3 is 2.38 bits per heavy atom. The molecule has 0 saturated heterocycles. The monoisotopic (exact) mass is 494 g/mol. The van der Waals surface area contributed by atoms with Crippen LogP contribution in [0.2, 0.25) is 10.0 Å². The van der Waals surface area contributed by atoms with Crippen LogP contribution in [0.5, 0.6) is 11.5 Å². The molecular formula is C26H20Cl2N2O4. The maximum Gasteiger partial charge on any atom is 0.354 e. The number of aryl methyl sites for hydroxylation is 1. The zero-order valence-electron chi connectivity index (χ0n) is 18.4. The van der Waals surface area contributed by atoms with Crippen LogP contribution in [0.3, 0.4) is 0 Å². The van der Waals surface area contributed by atoms with Crippen molar-refractivity contribution in [2.24, 2.45) is 0 Å². The summed E-state index contributed by atoms with van der Waals surface area (Å²) in [6.45, 7) is 2.15. The third kappa shape index (κ3) is 5.14. The largest absolute Gasteiger partial charge is 0.497 e. The number of carboxylic acid groups (broad SMARTS) is 1. The molecule has 172 valence electrons. The van der Waals surface area contributed by atoms with Gasteiger partial charge in [0.1, 0.15) is 23.8 Å². The van der Waals surface area contributed by atoms with E-state index in [1.807, 2.05) is 31.2 Å². The first-order valence-corrected chi connectivity index (χ1v) is 11.0. The molecule has 2 aromatic heterocycles. The molecule has 0 amide bonds. The minimum absolute atomic E-state index is 0.113. The van der Waals surface area contributed by atoms with Gasteiger partial charge in [-0.1, -0.05) is 35.3 Å². The Labute approximate surface area is 206 Å². The van der Waals surface area contributed by atoms with Crippen LogP contribution in [-0.2, 0) is 6.61 Å². The highest BCUT2D eigenvalue weighted by Crippen LogP contribution is 2.39. The lowest BCUT2D eigenvalue weighted by Gasteiger charge is -2.16. The number of rotatable bonds is 7. The molecule has 8 heteroatoms. The van der Waals surface area contributed by atoms with Gasteiger partial charge < -0.3 is 14.6 Å². The van der Waals surface area contributed by atoms with E-state index in [2.05, 4.69) is 9.97 Å². The van der Waals surface area contributed by atoms with Crippen LogP contribution in [0.15, 0.2) is 66.9 Å². The number of ether oxygens (including phenoxy) is 2. The molecule has 0 fully saturated rings. The summed E-state index contributed by atoms with van der Waals surface area (Å²) in [6.07, 6.45) is 1.69. The van der Waals surface area contributed by atoms with Crippen LogP contribution < -0.4 is 9.47 Å². The third-order valence-electron chi connectivity index (χ3n) is 5.10. The van der Waals surface area contributed by atoms with Crippen LogP contribution in [-0.4, -0.2) is 28.2 Å². The third-order valence-corrected chi connectivity index (χ3v) is 5.62. The lowest BCUT2D eigenvalue weighted by Crippen LogP contribution is -2.04. The van der Waals surface area contributed by atoms with Gasteiger partial charge in [0, 0.05) is 22.3 Å². The highest BCUT2D eigenvalue weighted by atomic mass is 35.5. The summed E-state index contributed by atoms with van der Waals surface area (Å²) in [7, 11) is 1.61. The van der Waals surface area contributed by atoms with E-state index in [0.717, 1.165) is 16.9 Å². The minimum atomic E-state index is -1.15. The summed E-state index contributed by atoms with van der Waals surface area (Å²) < 4.78 is 11.3. The molecule has 0 aliphatic carbocycles. The van der Waals surface area contributed by atoms with Crippen LogP contribution in [0.4, 0.5) is 0 Å². The Balaban J connectivity index is 1.81. The fourth-order valence-electron chi connectivity index (χ4n) is 3.40. The van der Waals surface area contributed by atoms with E-state index in [-0.39, 0.29) is 12.3 Å². The summed E-state index contributed by atoms with van der Waals surface area (Å²) >= 11 is 12.7. The van der Waals surface area contributed by atoms with Gasteiger partial charge in [-0.05, 0) is 66.6 Å². The van der Waals surface area contributed by atoms with E-state index in [9.17, 15) is 9.90 Å². The van der Waals surface area contributed by atoms with Crippen molar-refractivity contribution in [2.45, 2.75) is 13.5 Å². The number of hydrogen-bond acceptors (Lipinski definition) is 5. The van der Waals surface area contributed by atoms with Gasteiger partial charge in [0.15, 0.2) is 0 Å². The number of hydrogen-bond donors (Lipinski definition) is 1. The summed E-state index contributed by atoms with van der Waals surface area (Å²) in [5.41, 5.74) is 3.71. The van der Waals surface area contributed by atoms with Gasteiger partial charge in [0.2, 0.25) is 0 Å². The second kappa shape index (κ2) is 10.1. The Morgan fingerprint density at radius 2 is 1.71 bits per heavy atom. The highest BCUT2D eigenvalue weighted by Gasteiger charge is 2.20. The number of pyridine rings is 2. The first kappa shape index (κ1) is 23.5. The lowest BCUT2D eigenvalue weighted by molar-refractivity contribution is 0.0690. The molecule has 1 N–H and O–H groups in total. The molecule has 0 radical (unpaired) electrons. The number of methoxy groups -OCH3 is 1. The standard InChI is InChI=1S/C26H20Cl2N2O4/c1-15-11-21(28)25(29-13-15)20-9-10-22(26(31)32)30-24(20)19-8-5-17(27)12-23(19)34-14-16-3-6-18(33-2)7-4-16/h3-13H,14H2,1-2H3,(H,31,32). The highest BCUT2D eigenvalue weighted by molar-refractivity contribution is 6.33. The van der Waals surface area contributed by atoms with Gasteiger partial charge in [-0.2, -0.15) is 0 Å². The van der Waals surface area contributed by atoms with Crippen molar-refractivity contribution in [3.05, 3.63) is 93.7 Å². The lowest BCUT2D eigenvalue weighted by atomic mass is 10.0. The first-order chi connectivity index (χ1) is 16.4. The molecule has 0 saturated carbocycles. The van der Waals surface area contributed by atoms with Gasteiger partial charge >= 0.3 is 5.97 Å². The van der Waals surface area contributed by atoms with Crippen molar-refractivity contribution < 1.29 is 19.4 Å². The SMILES string of the molecule is COc1ccc(COc2cc(Cl)ccc2-c2nc(C(=O)O)ccc2-c2ncc(C)cc2Cl)cc1. The molecule has 34 heavy (non-hydrogen) atoms. The summed E-state index contributed by atoms with van der Waals surface area (Å²) in [5, 5.41) is 10.4. The van der Waals surface area contributed by atoms with Crippen molar-refractivity contribution >= 4 is 29.2 Å². The quantitative estimate of drug-likeness (QED) is 0.307. The summed E-state index contributed by atoms with van der Waals surface area (Å²) in [5.74, 6) is 0.0438. The maximum absolute atomic E-state index is 11.7. The Hall–Kier alpha value is -3.61. The predicted molar refractivity (Wildman–Crippen MR) is 132 cm³/mol. The number of benzene rings is 2. The molecular weight excluding hydrogens is 475 g/mol. The van der Waals surface area contributed by atoms with E-state index in [1.165, 1.54) is 6.07 Å². The molecule has 0 spiro atoms. The average molecular weight is 495 g/mol. The molecule has 2 aromatic carbocycles. The number of aromatic carboxylic acids is 1. The molecule has 6 nitrogen and oxygen atoms in total. The normalized spacial score (nSPS) is 10.7. The minimum Gasteiger partial charge on any atom is -0.497 e. The molecule has 4 aromatic rings. The van der Waals surface area contributed by atoms with E-state index in [0.29, 0.717) is 38.3 Å². The average Bonchev–Trinajstić information content (AvgIpc) is 2.83. The predicted octanol–water partition coefficient (Wildman–Crippen LogP) is 6.71. The second-order valence-corrected chi connectivity index (χ2v) is 8.36. The van der Waals surface area contributed by atoms with Crippen molar-refractivity contribution in [3.63, 3.8) is 0 Å². The number of halogens is 2. The van der Waals surface area contributed by atoms with Gasteiger partial charge in [-0.25, -0.2) is 9.78 Å². The van der Waals surface area contributed by atoms with Crippen molar-refractivity contribution in [2.75, 3.05) is 7.11 Å². The fraction of sp³-hybridized carbons (Fsp3) is 0.115. The van der Waals surface area contributed by atoms with Crippen molar-refractivity contribution in [3.8, 4) is 34.0 Å². The molecule has 0 unspecified atom stereocenters. The van der Waals surface area contributed by atoms with Gasteiger partial charge in [-0.3, -0.25) is 4.98 Å². The van der Waals surface area contributed by atoms with Crippen LogP contribution >= 0.6 is 23.2 Å². The molecule has 0 aliphatic rings. The number of carboxylic acids is 1. The smallest absolute Gasteiger partial charge is 0.354 e. The number of nitrogens with zero attached hydrogens (tertiary/aromatic N) is 2. The van der Waals surface area contributed by atoms with Crippen LogP contribution in [0, 0.1) is 6.92 Å². The van der Waals surface area contributed by atoms with Gasteiger partial charge in [0.25, 0.3) is 0 Å². The zero-order valence-corrected chi connectivity index (χ0v) is 19.9. The van der Waals surface area contributed by atoms with E-state index in [1.54, 1.807) is 43.6 Å². The Morgan fingerprint density at radius 1 is 0.971 bits per heavy atom. The number of carbonyl (C=O) groups is 1. The van der Waals surface area contributed by atoms with Gasteiger partial charge in [0.05, 0.1) is 23.5 Å². The first-order valence-electron chi connectivity index (χ1n) is 10.3.